The highest BCUT2D eigenvalue weighted by molar-refractivity contribution is 5.89. The van der Waals surface area contributed by atoms with Gasteiger partial charge in [0.05, 0.1) is 12.9 Å². The van der Waals surface area contributed by atoms with Gasteiger partial charge in [0.15, 0.2) is 5.65 Å². The van der Waals surface area contributed by atoms with E-state index < -0.39 is 0 Å². The third-order valence-corrected chi connectivity index (χ3v) is 3.19. The highest BCUT2D eigenvalue weighted by Crippen LogP contribution is 2.37. The second kappa shape index (κ2) is 3.53. The number of ether oxygens (including phenoxy) is 1. The first-order valence-corrected chi connectivity index (χ1v) is 5.82. The van der Waals surface area contributed by atoms with Crippen molar-refractivity contribution in [2.75, 3.05) is 6.61 Å². The van der Waals surface area contributed by atoms with Crippen LogP contribution in [0, 0.1) is 0 Å². The normalized spacial score (nSPS) is 13.6. The van der Waals surface area contributed by atoms with E-state index in [1.165, 1.54) is 11.9 Å². The molecule has 2 aromatic heterocycles. The first kappa shape index (κ1) is 9.58. The number of nitrogens with one attached hydrogen (secondary N) is 1. The Morgan fingerprint density at radius 2 is 2.17 bits per heavy atom. The van der Waals surface area contributed by atoms with Gasteiger partial charge in [-0.2, -0.15) is 0 Å². The summed E-state index contributed by atoms with van der Waals surface area (Å²) in [5.41, 5.74) is 4.61. The molecule has 0 saturated carbocycles. The van der Waals surface area contributed by atoms with Crippen molar-refractivity contribution in [1.82, 2.24) is 19.9 Å². The molecule has 0 spiro atoms. The van der Waals surface area contributed by atoms with Crippen molar-refractivity contribution in [3.05, 3.63) is 36.4 Å². The van der Waals surface area contributed by atoms with E-state index in [0.29, 0.717) is 5.65 Å². The quantitative estimate of drug-likeness (QED) is 0.703. The monoisotopic (exact) mass is 238 g/mol. The predicted octanol–water partition coefficient (Wildman–Crippen LogP) is 1.95. The number of hydrogen-bond donors (Lipinski definition) is 1. The summed E-state index contributed by atoms with van der Waals surface area (Å²) in [4.78, 5) is 15.7. The Bertz CT molecular complexity index is 735. The molecule has 0 fully saturated rings. The van der Waals surface area contributed by atoms with Gasteiger partial charge in [-0.05, 0) is 11.6 Å². The topological polar surface area (TPSA) is 63.7 Å². The Balaban J connectivity index is 2.03. The molecule has 1 aliphatic rings. The maximum Gasteiger partial charge on any atom is 0.181 e. The van der Waals surface area contributed by atoms with Crippen LogP contribution in [0.1, 0.15) is 5.56 Å². The summed E-state index contributed by atoms with van der Waals surface area (Å²) >= 11 is 0. The predicted molar refractivity (Wildman–Crippen MR) is 66.3 cm³/mol. The number of nitrogens with zero attached hydrogens (tertiary/aromatic N) is 3. The zero-order chi connectivity index (χ0) is 11.9. The molecule has 1 aliphatic heterocycles. The van der Waals surface area contributed by atoms with Gasteiger partial charge in [0.2, 0.25) is 0 Å². The van der Waals surface area contributed by atoms with Crippen molar-refractivity contribution in [3.8, 4) is 17.0 Å². The lowest BCUT2D eigenvalue weighted by Gasteiger charge is -2.07. The van der Waals surface area contributed by atoms with Crippen LogP contribution < -0.4 is 4.74 Å². The van der Waals surface area contributed by atoms with E-state index >= 15 is 0 Å². The van der Waals surface area contributed by atoms with Crippen LogP contribution in [0.15, 0.2) is 30.9 Å². The van der Waals surface area contributed by atoms with Crippen molar-refractivity contribution < 1.29 is 4.74 Å². The number of imidazole rings is 1. The van der Waals surface area contributed by atoms with Gasteiger partial charge in [-0.15, -0.1) is 0 Å². The lowest BCUT2D eigenvalue weighted by Crippen LogP contribution is -1.92. The van der Waals surface area contributed by atoms with Crippen LogP contribution >= 0.6 is 0 Å². The number of aromatic amines is 1. The van der Waals surface area contributed by atoms with Crippen molar-refractivity contribution in [2.45, 2.75) is 6.42 Å². The van der Waals surface area contributed by atoms with Crippen molar-refractivity contribution in [1.29, 1.82) is 0 Å². The highest BCUT2D eigenvalue weighted by Gasteiger charge is 2.19. The molecular weight excluding hydrogens is 228 g/mol. The minimum Gasteiger partial charge on any atom is -0.492 e. The average molecular weight is 238 g/mol. The molecule has 1 aromatic carbocycles. The van der Waals surface area contributed by atoms with Crippen LogP contribution in [0.2, 0.25) is 0 Å². The van der Waals surface area contributed by atoms with E-state index in [-0.39, 0.29) is 0 Å². The molecule has 0 bridgehead atoms. The number of benzene rings is 1. The van der Waals surface area contributed by atoms with Gasteiger partial charge in [-0.25, -0.2) is 15.0 Å². The van der Waals surface area contributed by atoms with Crippen LogP contribution in [0.5, 0.6) is 5.75 Å². The molecule has 18 heavy (non-hydrogen) atoms. The van der Waals surface area contributed by atoms with Gasteiger partial charge in [0.25, 0.3) is 0 Å². The Morgan fingerprint density at radius 1 is 1.17 bits per heavy atom. The van der Waals surface area contributed by atoms with E-state index in [1.54, 1.807) is 6.33 Å². The number of rotatable bonds is 1. The fourth-order valence-corrected chi connectivity index (χ4v) is 2.37. The summed E-state index contributed by atoms with van der Waals surface area (Å²) < 4.78 is 5.71. The Kier molecular flexibility index (Phi) is 1.88. The summed E-state index contributed by atoms with van der Waals surface area (Å²) in [7, 11) is 0. The van der Waals surface area contributed by atoms with Gasteiger partial charge < -0.3 is 9.72 Å². The molecule has 4 rings (SSSR count). The lowest BCUT2D eigenvalue weighted by atomic mass is 10.0. The lowest BCUT2D eigenvalue weighted by molar-refractivity contribution is 0.358. The molecule has 5 nitrogen and oxygen atoms in total. The van der Waals surface area contributed by atoms with Gasteiger partial charge in [0.1, 0.15) is 23.3 Å². The minimum atomic E-state index is 0.676. The van der Waals surface area contributed by atoms with Crippen LogP contribution in [0.4, 0.5) is 0 Å². The molecule has 0 radical (unpaired) electrons. The molecule has 5 heteroatoms. The smallest absolute Gasteiger partial charge is 0.181 e. The standard InChI is InChI=1S/C13H10N4O/c1-2-8-4-5-18-12(8)9(3-1)10-11-13(16-6-14-10)17-7-15-11/h1-3,6-7H,4-5H2,(H,14,15,16,17). The van der Waals surface area contributed by atoms with E-state index in [4.69, 9.17) is 4.74 Å². The molecule has 3 aromatic rings. The van der Waals surface area contributed by atoms with Gasteiger partial charge in [-0.3, -0.25) is 0 Å². The molecular formula is C13H10N4O. The molecule has 0 amide bonds. The summed E-state index contributed by atoms with van der Waals surface area (Å²) in [5.74, 6) is 0.937. The number of fused-ring (bicyclic) bond motifs is 2. The van der Waals surface area contributed by atoms with E-state index in [9.17, 15) is 0 Å². The third kappa shape index (κ3) is 1.24. The minimum absolute atomic E-state index is 0.676. The summed E-state index contributed by atoms with van der Waals surface area (Å²) in [6.45, 7) is 0.740. The first-order chi connectivity index (χ1) is 8.93. The summed E-state index contributed by atoms with van der Waals surface area (Å²) in [6, 6.07) is 6.15. The van der Waals surface area contributed by atoms with E-state index in [2.05, 4.69) is 26.0 Å². The number of para-hydroxylation sites is 1. The molecule has 1 N–H and O–H groups in total. The Hall–Kier alpha value is -2.43. The molecule has 0 aliphatic carbocycles. The van der Waals surface area contributed by atoms with Crippen molar-refractivity contribution >= 4 is 11.2 Å². The molecule has 0 saturated heterocycles. The molecule has 0 atom stereocenters. The molecule has 88 valence electrons. The second-order valence-corrected chi connectivity index (χ2v) is 4.22. The largest absolute Gasteiger partial charge is 0.492 e. The molecule has 0 unspecified atom stereocenters. The van der Waals surface area contributed by atoms with Crippen LogP contribution in [0.25, 0.3) is 22.4 Å². The first-order valence-electron chi connectivity index (χ1n) is 5.82. The van der Waals surface area contributed by atoms with Gasteiger partial charge >= 0.3 is 0 Å². The van der Waals surface area contributed by atoms with Crippen LogP contribution in [-0.2, 0) is 6.42 Å². The van der Waals surface area contributed by atoms with Crippen molar-refractivity contribution in [2.24, 2.45) is 0 Å². The van der Waals surface area contributed by atoms with Crippen molar-refractivity contribution in [3.63, 3.8) is 0 Å². The van der Waals surface area contributed by atoms with Crippen LogP contribution in [0.3, 0.4) is 0 Å². The maximum atomic E-state index is 5.71. The maximum absolute atomic E-state index is 5.71. The number of aromatic nitrogens is 4. The number of H-pyrrole nitrogens is 1. The third-order valence-electron chi connectivity index (χ3n) is 3.19. The molecule has 3 heterocycles. The van der Waals surface area contributed by atoms with Gasteiger partial charge in [0, 0.05) is 12.0 Å². The fraction of sp³-hybridized carbons (Fsp3) is 0.154. The summed E-state index contributed by atoms with van der Waals surface area (Å²) in [6.07, 6.45) is 4.13. The van der Waals surface area contributed by atoms with E-state index in [0.717, 1.165) is 35.6 Å². The Morgan fingerprint density at radius 3 is 3.17 bits per heavy atom. The fourth-order valence-electron chi connectivity index (χ4n) is 2.37. The average Bonchev–Trinajstić information content (AvgIpc) is 3.06. The zero-order valence-electron chi connectivity index (χ0n) is 9.55. The van der Waals surface area contributed by atoms with Gasteiger partial charge in [-0.1, -0.05) is 12.1 Å². The van der Waals surface area contributed by atoms with E-state index in [1.807, 2.05) is 12.1 Å². The Labute approximate surface area is 103 Å². The highest BCUT2D eigenvalue weighted by atomic mass is 16.5. The van der Waals surface area contributed by atoms with Crippen LogP contribution in [-0.4, -0.2) is 26.5 Å². The number of hydrogen-bond acceptors (Lipinski definition) is 4. The zero-order valence-corrected chi connectivity index (χ0v) is 9.55. The summed E-state index contributed by atoms with van der Waals surface area (Å²) in [5, 5.41) is 0. The SMILES string of the molecule is c1cc2c(c(-c3ncnc4nc[nH]c34)c1)OCC2. The second-order valence-electron chi connectivity index (χ2n) is 4.22.